The molecule has 1 N–H and O–H groups in total. The van der Waals surface area contributed by atoms with Crippen LogP contribution in [0.3, 0.4) is 0 Å². The normalized spacial score (nSPS) is 10.5. The van der Waals surface area contributed by atoms with Crippen molar-refractivity contribution in [1.29, 1.82) is 0 Å². The van der Waals surface area contributed by atoms with Gasteiger partial charge in [0.25, 0.3) is 0 Å². The van der Waals surface area contributed by atoms with Crippen LogP contribution in [0.5, 0.6) is 0 Å². The molecule has 3 nitrogen and oxygen atoms in total. The fourth-order valence-corrected chi connectivity index (χ4v) is 2.06. The van der Waals surface area contributed by atoms with E-state index in [1.807, 2.05) is 6.07 Å². The molecule has 17 heavy (non-hydrogen) atoms. The van der Waals surface area contributed by atoms with E-state index in [1.165, 1.54) is 23.9 Å². The molecule has 2 rings (SSSR count). The lowest BCUT2D eigenvalue weighted by Crippen LogP contribution is -1.94. The summed E-state index contributed by atoms with van der Waals surface area (Å²) in [5, 5.41) is 8.84. The number of hydrogen-bond acceptors (Lipinski definition) is 4. The van der Waals surface area contributed by atoms with Gasteiger partial charge in [0, 0.05) is 22.9 Å². The maximum Gasteiger partial charge on any atom is 0.138 e. The van der Waals surface area contributed by atoms with Crippen LogP contribution < -0.4 is 0 Å². The van der Waals surface area contributed by atoms with Gasteiger partial charge in [-0.05, 0) is 18.2 Å². The molecule has 0 unspecified atom stereocenters. The Balaban J connectivity index is 1.97. The third kappa shape index (κ3) is 3.51. The second-order valence-corrected chi connectivity index (χ2v) is 4.46. The topological polar surface area (TPSA) is 46.0 Å². The standard InChI is InChI=1S/C12H11FN2OS/c13-10-2-1-3-11(4-10)17-8-12-14-5-9(7-16)6-15-12/h1-6,16H,7-8H2. The fourth-order valence-electron chi connectivity index (χ4n) is 1.24. The molecule has 1 aromatic carbocycles. The highest BCUT2D eigenvalue weighted by atomic mass is 32.2. The molecular formula is C12H11FN2OS. The lowest BCUT2D eigenvalue weighted by atomic mass is 10.3. The maximum absolute atomic E-state index is 12.9. The van der Waals surface area contributed by atoms with E-state index >= 15 is 0 Å². The van der Waals surface area contributed by atoms with E-state index in [2.05, 4.69) is 9.97 Å². The smallest absolute Gasteiger partial charge is 0.138 e. The van der Waals surface area contributed by atoms with Crippen molar-refractivity contribution >= 4 is 11.8 Å². The van der Waals surface area contributed by atoms with Crippen LogP contribution in [0.25, 0.3) is 0 Å². The zero-order chi connectivity index (χ0) is 12.1. The Hall–Kier alpha value is -1.46. The number of benzene rings is 1. The van der Waals surface area contributed by atoms with Crippen LogP contribution in [0.15, 0.2) is 41.6 Å². The van der Waals surface area contributed by atoms with E-state index in [4.69, 9.17) is 5.11 Å². The molecule has 0 saturated carbocycles. The Morgan fingerprint density at radius 2 is 2.00 bits per heavy atom. The molecule has 88 valence electrons. The zero-order valence-corrected chi connectivity index (χ0v) is 9.82. The van der Waals surface area contributed by atoms with Crippen molar-refractivity contribution in [2.75, 3.05) is 0 Å². The number of halogens is 1. The molecule has 0 radical (unpaired) electrons. The van der Waals surface area contributed by atoms with Gasteiger partial charge >= 0.3 is 0 Å². The third-order valence-electron chi connectivity index (χ3n) is 2.11. The molecule has 0 fully saturated rings. The Kier molecular flexibility index (Phi) is 4.06. The maximum atomic E-state index is 12.9. The molecule has 0 aliphatic rings. The minimum absolute atomic E-state index is 0.0582. The van der Waals surface area contributed by atoms with Crippen LogP contribution in [0.2, 0.25) is 0 Å². The number of aromatic nitrogens is 2. The van der Waals surface area contributed by atoms with Crippen LogP contribution in [0.1, 0.15) is 11.4 Å². The summed E-state index contributed by atoms with van der Waals surface area (Å²) in [4.78, 5) is 9.05. The van der Waals surface area contributed by atoms with Gasteiger partial charge in [0.05, 0.1) is 12.4 Å². The average Bonchev–Trinajstić information content (AvgIpc) is 2.37. The van der Waals surface area contributed by atoms with Gasteiger partial charge in [-0.15, -0.1) is 11.8 Å². The van der Waals surface area contributed by atoms with Crippen molar-refractivity contribution in [3.63, 3.8) is 0 Å². The van der Waals surface area contributed by atoms with Crippen molar-refractivity contribution in [3.05, 3.63) is 53.9 Å². The van der Waals surface area contributed by atoms with Gasteiger partial charge in [0.1, 0.15) is 11.6 Å². The monoisotopic (exact) mass is 250 g/mol. The van der Waals surface area contributed by atoms with E-state index in [0.717, 1.165) is 4.90 Å². The zero-order valence-electron chi connectivity index (χ0n) is 9.01. The largest absolute Gasteiger partial charge is 0.392 e. The number of hydrogen-bond donors (Lipinski definition) is 1. The molecule has 1 aromatic heterocycles. The Morgan fingerprint density at radius 3 is 2.65 bits per heavy atom. The molecule has 0 aliphatic heterocycles. The molecule has 0 spiro atoms. The van der Waals surface area contributed by atoms with Crippen molar-refractivity contribution in [1.82, 2.24) is 9.97 Å². The molecule has 0 amide bonds. The Labute approximate surface area is 103 Å². The quantitative estimate of drug-likeness (QED) is 0.846. The Morgan fingerprint density at radius 1 is 1.24 bits per heavy atom. The minimum atomic E-state index is -0.244. The number of nitrogens with zero attached hydrogens (tertiary/aromatic N) is 2. The molecule has 0 saturated heterocycles. The summed E-state index contributed by atoms with van der Waals surface area (Å²) < 4.78 is 12.9. The van der Waals surface area contributed by atoms with Crippen LogP contribution in [0.4, 0.5) is 4.39 Å². The van der Waals surface area contributed by atoms with E-state index < -0.39 is 0 Å². The highest BCUT2D eigenvalue weighted by molar-refractivity contribution is 7.98. The molecule has 0 atom stereocenters. The fraction of sp³-hybridized carbons (Fsp3) is 0.167. The summed E-state index contributed by atoms with van der Waals surface area (Å²) in [5.74, 6) is 0.998. The second kappa shape index (κ2) is 5.75. The van der Waals surface area contributed by atoms with Gasteiger partial charge in [-0.1, -0.05) is 6.07 Å². The summed E-state index contributed by atoms with van der Waals surface area (Å²) >= 11 is 1.47. The predicted molar refractivity (Wildman–Crippen MR) is 63.9 cm³/mol. The van der Waals surface area contributed by atoms with Gasteiger partial charge in [0.2, 0.25) is 0 Å². The first-order valence-electron chi connectivity index (χ1n) is 5.07. The Bertz CT molecular complexity index is 490. The van der Waals surface area contributed by atoms with Gasteiger partial charge < -0.3 is 5.11 Å². The molecular weight excluding hydrogens is 239 g/mol. The number of rotatable bonds is 4. The molecule has 0 bridgehead atoms. The van der Waals surface area contributed by atoms with E-state index in [0.29, 0.717) is 17.1 Å². The first-order valence-corrected chi connectivity index (χ1v) is 6.05. The summed E-state index contributed by atoms with van der Waals surface area (Å²) in [7, 11) is 0. The molecule has 5 heteroatoms. The van der Waals surface area contributed by atoms with Crippen molar-refractivity contribution < 1.29 is 9.50 Å². The number of aliphatic hydroxyl groups is 1. The average molecular weight is 250 g/mol. The van der Waals surface area contributed by atoms with Crippen molar-refractivity contribution in [2.45, 2.75) is 17.3 Å². The molecule has 1 heterocycles. The van der Waals surface area contributed by atoms with Gasteiger partial charge in [-0.25, -0.2) is 14.4 Å². The van der Waals surface area contributed by atoms with Gasteiger partial charge in [0.15, 0.2) is 0 Å². The van der Waals surface area contributed by atoms with E-state index in [-0.39, 0.29) is 12.4 Å². The second-order valence-electron chi connectivity index (χ2n) is 3.41. The highest BCUT2D eigenvalue weighted by Gasteiger charge is 2.00. The minimum Gasteiger partial charge on any atom is -0.392 e. The number of thioether (sulfide) groups is 1. The van der Waals surface area contributed by atoms with Crippen molar-refractivity contribution in [3.8, 4) is 0 Å². The van der Waals surface area contributed by atoms with Crippen molar-refractivity contribution in [2.24, 2.45) is 0 Å². The molecule has 0 aliphatic carbocycles. The summed E-state index contributed by atoms with van der Waals surface area (Å²) in [6.07, 6.45) is 3.18. The first-order chi connectivity index (χ1) is 8.28. The SMILES string of the molecule is OCc1cnc(CSc2cccc(F)c2)nc1. The van der Waals surface area contributed by atoms with Gasteiger partial charge in [-0.2, -0.15) is 0 Å². The summed E-state index contributed by atoms with van der Waals surface area (Å²) in [6.45, 7) is -0.0582. The highest BCUT2D eigenvalue weighted by Crippen LogP contribution is 2.21. The van der Waals surface area contributed by atoms with Crippen LogP contribution in [-0.4, -0.2) is 15.1 Å². The number of aliphatic hydroxyl groups excluding tert-OH is 1. The lowest BCUT2D eigenvalue weighted by Gasteiger charge is -2.01. The third-order valence-corrected chi connectivity index (χ3v) is 3.10. The van der Waals surface area contributed by atoms with E-state index in [1.54, 1.807) is 18.5 Å². The van der Waals surface area contributed by atoms with Crippen LogP contribution in [0, 0.1) is 5.82 Å². The van der Waals surface area contributed by atoms with Crippen LogP contribution in [-0.2, 0) is 12.4 Å². The summed E-state index contributed by atoms with van der Waals surface area (Å²) in [6, 6.07) is 6.41. The molecule has 2 aromatic rings. The first kappa shape index (κ1) is 12.0. The summed E-state index contributed by atoms with van der Waals surface area (Å²) in [5.41, 5.74) is 0.685. The van der Waals surface area contributed by atoms with E-state index in [9.17, 15) is 4.39 Å². The predicted octanol–water partition coefficient (Wildman–Crippen LogP) is 2.40. The van der Waals surface area contributed by atoms with Crippen LogP contribution >= 0.6 is 11.8 Å². The van der Waals surface area contributed by atoms with Gasteiger partial charge in [-0.3, -0.25) is 0 Å². The lowest BCUT2D eigenvalue weighted by molar-refractivity contribution is 0.281.